The number of urea groups is 1. The summed E-state index contributed by atoms with van der Waals surface area (Å²) in [5.74, 6) is -5.65. The number of benzene rings is 4. The Hall–Kier alpha value is -5.45. The fourth-order valence-electron chi connectivity index (χ4n) is 6.09. The number of carbonyl (C=O) groups is 3. The van der Waals surface area contributed by atoms with E-state index in [2.05, 4.69) is 5.32 Å². The highest BCUT2D eigenvalue weighted by Crippen LogP contribution is 2.57. The number of rotatable bonds is 7. The minimum absolute atomic E-state index is 0.147. The average molecular weight is 600 g/mol. The molecular weight excluding hydrogens is 572 g/mol. The van der Waals surface area contributed by atoms with Crippen LogP contribution in [0.15, 0.2) is 97.1 Å². The lowest BCUT2D eigenvalue weighted by atomic mass is 9.71. The molecule has 1 fully saturated rings. The number of nitro benzene ring substituents is 1. The van der Waals surface area contributed by atoms with Crippen LogP contribution in [0.5, 0.6) is 0 Å². The third-order valence-corrected chi connectivity index (χ3v) is 8.09. The van der Waals surface area contributed by atoms with Gasteiger partial charge in [0.1, 0.15) is 17.2 Å². The summed E-state index contributed by atoms with van der Waals surface area (Å²) in [6.45, 7) is 3.08. The van der Waals surface area contributed by atoms with Crippen LogP contribution in [0.2, 0.25) is 0 Å². The third-order valence-electron chi connectivity index (χ3n) is 8.09. The first-order valence-electron chi connectivity index (χ1n) is 13.6. The zero-order valence-electron chi connectivity index (χ0n) is 23.6. The predicted molar refractivity (Wildman–Crippen MR) is 157 cm³/mol. The van der Waals surface area contributed by atoms with Crippen LogP contribution in [-0.4, -0.2) is 38.3 Å². The number of aliphatic carboxylic acids is 1. The highest BCUT2D eigenvalue weighted by atomic mass is 19.1. The lowest BCUT2D eigenvalue weighted by Crippen LogP contribution is -2.55. The van der Waals surface area contributed by atoms with Crippen LogP contribution in [0.1, 0.15) is 45.9 Å². The fourth-order valence-corrected chi connectivity index (χ4v) is 6.09. The first kappa shape index (κ1) is 30.0. The number of ketones is 1. The Morgan fingerprint density at radius 1 is 0.886 bits per heavy atom. The number of Topliss-reactive ketones (excluding diaryl/α,β-unsaturated/α-hetero) is 1. The lowest BCUT2D eigenvalue weighted by Gasteiger charge is -2.37. The number of hydrogen-bond donors (Lipinski definition) is 2. The molecule has 0 aromatic heterocycles. The molecule has 0 saturated carbocycles. The van der Waals surface area contributed by atoms with Crippen LogP contribution in [0.4, 0.5) is 25.0 Å². The second-order valence-electron chi connectivity index (χ2n) is 10.8. The van der Waals surface area contributed by atoms with Gasteiger partial charge < -0.3 is 10.4 Å². The molecule has 2 amide bonds. The number of halogens is 2. The van der Waals surface area contributed by atoms with Crippen molar-refractivity contribution >= 4 is 29.2 Å². The van der Waals surface area contributed by atoms with Gasteiger partial charge in [-0.2, -0.15) is 0 Å². The molecule has 0 radical (unpaired) electrons. The van der Waals surface area contributed by atoms with E-state index in [1.165, 1.54) is 55.5 Å². The third kappa shape index (κ3) is 5.39. The molecule has 11 heteroatoms. The van der Waals surface area contributed by atoms with Crippen LogP contribution in [0, 0.1) is 34.6 Å². The number of likely N-dealkylation sites (tertiary alicyclic amines) is 1. The van der Waals surface area contributed by atoms with E-state index in [1.807, 2.05) is 0 Å². The van der Waals surface area contributed by atoms with Crippen molar-refractivity contribution in [3.63, 3.8) is 0 Å². The number of carboxylic acids is 1. The second kappa shape index (κ2) is 11.7. The van der Waals surface area contributed by atoms with Crippen molar-refractivity contribution < 1.29 is 33.2 Å². The number of nitro groups is 1. The fraction of sp³-hybridized carbons (Fsp3) is 0.182. The Labute approximate surface area is 250 Å². The van der Waals surface area contributed by atoms with Crippen molar-refractivity contribution in [3.05, 3.63) is 141 Å². The Morgan fingerprint density at radius 2 is 1.50 bits per heavy atom. The van der Waals surface area contributed by atoms with E-state index in [1.54, 1.807) is 31.2 Å². The van der Waals surface area contributed by atoms with Crippen LogP contribution in [0.3, 0.4) is 0 Å². The molecule has 4 unspecified atom stereocenters. The minimum Gasteiger partial charge on any atom is -0.479 e. The van der Waals surface area contributed by atoms with Gasteiger partial charge in [0.05, 0.1) is 16.9 Å². The van der Waals surface area contributed by atoms with E-state index in [0.717, 1.165) is 34.7 Å². The maximum Gasteiger partial charge on any atom is 0.330 e. The number of nitrogens with zero attached hydrogens (tertiary/aromatic N) is 2. The number of carboxylic acid groups (broad SMARTS) is 1. The summed E-state index contributed by atoms with van der Waals surface area (Å²) in [6, 6.07) is 19.5. The first-order chi connectivity index (χ1) is 20.9. The maximum atomic E-state index is 14.5. The Morgan fingerprint density at radius 3 is 2.09 bits per heavy atom. The standard InChI is InChI=1S/C33H27F2N3O6/c1-19-5-3-7-22(17-19)30(39)27-28(20-9-11-23(34)12-10-20)33(2,31(40)41)37(32(42)36-25-15-13-24(35)14-16-25)29(27)21-6-4-8-26(18-21)38(43)44/h3-18,27-29H,1-2H3,(H,36,42)(H,40,41). The van der Waals surface area contributed by atoms with Crippen molar-refractivity contribution in [2.75, 3.05) is 5.32 Å². The van der Waals surface area contributed by atoms with Gasteiger partial charge in [0.25, 0.3) is 5.69 Å². The highest BCUT2D eigenvalue weighted by Gasteiger charge is 2.65. The molecule has 1 aliphatic rings. The molecule has 0 spiro atoms. The molecule has 0 aliphatic carbocycles. The summed E-state index contributed by atoms with van der Waals surface area (Å²) < 4.78 is 27.7. The molecule has 224 valence electrons. The molecule has 4 aromatic rings. The summed E-state index contributed by atoms with van der Waals surface area (Å²) in [5.41, 5.74) is -0.899. The minimum atomic E-state index is -2.14. The maximum absolute atomic E-state index is 14.5. The largest absolute Gasteiger partial charge is 0.479 e. The Kier molecular flexibility index (Phi) is 7.97. The van der Waals surface area contributed by atoms with Crippen molar-refractivity contribution in [1.29, 1.82) is 0 Å². The molecule has 0 bridgehead atoms. The van der Waals surface area contributed by atoms with E-state index in [-0.39, 0.29) is 28.1 Å². The summed E-state index contributed by atoms with van der Waals surface area (Å²) >= 11 is 0. The average Bonchev–Trinajstić information content (AvgIpc) is 3.28. The van der Waals surface area contributed by atoms with Gasteiger partial charge in [-0.15, -0.1) is 0 Å². The van der Waals surface area contributed by atoms with Gasteiger partial charge >= 0.3 is 12.0 Å². The van der Waals surface area contributed by atoms with Crippen LogP contribution in [0.25, 0.3) is 0 Å². The topological polar surface area (TPSA) is 130 Å². The summed E-state index contributed by atoms with van der Waals surface area (Å²) in [4.78, 5) is 54.2. The van der Waals surface area contributed by atoms with Gasteiger partial charge in [-0.1, -0.05) is 48.0 Å². The number of non-ortho nitro benzene ring substituents is 1. The van der Waals surface area contributed by atoms with E-state index in [4.69, 9.17) is 0 Å². The highest BCUT2D eigenvalue weighted by molar-refractivity contribution is 6.03. The molecule has 44 heavy (non-hydrogen) atoms. The molecule has 4 atom stereocenters. The molecule has 1 saturated heterocycles. The lowest BCUT2D eigenvalue weighted by molar-refractivity contribution is -0.385. The number of amides is 2. The normalized spacial score (nSPS) is 21.1. The van der Waals surface area contributed by atoms with E-state index < -0.39 is 57.8 Å². The molecule has 1 aliphatic heterocycles. The number of aryl methyl sites for hydroxylation is 1. The molecule has 2 N–H and O–H groups in total. The zero-order chi connectivity index (χ0) is 31.8. The van der Waals surface area contributed by atoms with Gasteiger partial charge in [0.15, 0.2) is 5.78 Å². The van der Waals surface area contributed by atoms with Gasteiger partial charge in [-0.25, -0.2) is 18.4 Å². The summed E-state index contributed by atoms with van der Waals surface area (Å²) in [6.07, 6.45) is 0. The van der Waals surface area contributed by atoms with Gasteiger partial charge in [-0.05, 0) is 67.4 Å². The van der Waals surface area contributed by atoms with Gasteiger partial charge in [0.2, 0.25) is 0 Å². The molecule has 9 nitrogen and oxygen atoms in total. The number of carbonyl (C=O) groups excluding carboxylic acids is 2. The second-order valence-corrected chi connectivity index (χ2v) is 10.8. The van der Waals surface area contributed by atoms with E-state index >= 15 is 0 Å². The Balaban J connectivity index is 1.80. The van der Waals surface area contributed by atoms with Crippen LogP contribution >= 0.6 is 0 Å². The van der Waals surface area contributed by atoms with Crippen molar-refractivity contribution in [3.8, 4) is 0 Å². The van der Waals surface area contributed by atoms with E-state index in [9.17, 15) is 38.4 Å². The van der Waals surface area contributed by atoms with E-state index in [0.29, 0.717) is 0 Å². The quantitative estimate of drug-likeness (QED) is 0.135. The molecule has 5 rings (SSSR count). The molecular formula is C33H27F2N3O6. The van der Waals surface area contributed by atoms with Crippen LogP contribution < -0.4 is 5.32 Å². The van der Waals surface area contributed by atoms with Crippen molar-refractivity contribution in [1.82, 2.24) is 4.90 Å². The number of anilines is 1. The summed E-state index contributed by atoms with van der Waals surface area (Å²) in [5, 5.41) is 25.2. The van der Waals surface area contributed by atoms with Crippen molar-refractivity contribution in [2.24, 2.45) is 5.92 Å². The van der Waals surface area contributed by atoms with Crippen LogP contribution in [-0.2, 0) is 4.79 Å². The summed E-state index contributed by atoms with van der Waals surface area (Å²) in [7, 11) is 0. The SMILES string of the molecule is Cc1cccc(C(=O)C2C(c3cccc([N+](=O)[O-])c3)N(C(=O)Nc3ccc(F)cc3)C(C)(C(=O)O)C2c2ccc(F)cc2)c1. The molecule has 1 heterocycles. The monoisotopic (exact) mass is 599 g/mol. The van der Waals surface area contributed by atoms with Crippen molar-refractivity contribution in [2.45, 2.75) is 31.3 Å². The first-order valence-corrected chi connectivity index (χ1v) is 13.6. The van der Waals surface area contributed by atoms with Gasteiger partial charge in [-0.3, -0.25) is 19.8 Å². The van der Waals surface area contributed by atoms with Gasteiger partial charge in [0, 0.05) is 29.3 Å². The zero-order valence-corrected chi connectivity index (χ0v) is 23.6. The Bertz CT molecular complexity index is 1760. The number of nitrogens with one attached hydrogen (secondary N) is 1. The smallest absolute Gasteiger partial charge is 0.330 e. The number of hydrogen-bond acceptors (Lipinski definition) is 5. The predicted octanol–water partition coefficient (Wildman–Crippen LogP) is 6.90. The molecule has 4 aromatic carbocycles.